The summed E-state index contributed by atoms with van der Waals surface area (Å²) in [5.41, 5.74) is -0.179. The number of carboxylic acid groups (broad SMARTS) is 1. The first-order valence-corrected chi connectivity index (χ1v) is 7.88. The van der Waals surface area contributed by atoms with Gasteiger partial charge in [0.1, 0.15) is 18.6 Å². The number of carbonyl (C=O) groups excluding carboxylic acids is 3. The van der Waals surface area contributed by atoms with E-state index >= 15 is 0 Å². The molecule has 0 unspecified atom stereocenters. The van der Waals surface area contributed by atoms with E-state index in [4.69, 9.17) is 5.11 Å². The van der Waals surface area contributed by atoms with E-state index in [1.807, 2.05) is 30.3 Å². The molecule has 1 saturated heterocycles. The maximum Gasteiger partial charge on any atom is 0.325 e. The molecule has 1 fully saturated rings. The van der Waals surface area contributed by atoms with E-state index in [9.17, 15) is 19.2 Å². The number of hydrogen-bond acceptors (Lipinski definition) is 4. The quantitative estimate of drug-likeness (QED) is 0.698. The number of urea groups is 1. The molecule has 0 spiro atoms. The highest BCUT2D eigenvalue weighted by Crippen LogP contribution is 2.20. The van der Waals surface area contributed by atoms with Crippen LogP contribution in [-0.2, 0) is 20.8 Å². The first kappa shape index (κ1) is 18.4. The number of imide groups is 1. The van der Waals surface area contributed by atoms with Gasteiger partial charge >= 0.3 is 12.0 Å². The van der Waals surface area contributed by atoms with E-state index in [2.05, 4.69) is 5.32 Å². The van der Waals surface area contributed by atoms with Gasteiger partial charge in [-0.2, -0.15) is 0 Å². The highest BCUT2D eigenvalue weighted by molar-refractivity contribution is 6.07. The summed E-state index contributed by atoms with van der Waals surface area (Å²) >= 11 is 0. The zero-order chi connectivity index (χ0) is 18.6. The Balaban J connectivity index is 2.06. The minimum atomic E-state index is -1.15. The molecule has 0 saturated carbocycles. The molecule has 0 atom stereocenters. The van der Waals surface area contributed by atoms with Crippen molar-refractivity contribution in [2.45, 2.75) is 25.8 Å². The fourth-order valence-corrected chi connectivity index (χ4v) is 2.56. The van der Waals surface area contributed by atoms with Crippen LogP contribution in [0.1, 0.15) is 19.4 Å². The van der Waals surface area contributed by atoms with Gasteiger partial charge in [-0.25, -0.2) is 4.79 Å². The maximum atomic E-state index is 12.5. The summed E-state index contributed by atoms with van der Waals surface area (Å²) < 4.78 is 0. The topological polar surface area (TPSA) is 107 Å². The Morgan fingerprint density at radius 1 is 1.20 bits per heavy atom. The summed E-state index contributed by atoms with van der Waals surface area (Å²) in [6.45, 7) is 2.46. The van der Waals surface area contributed by atoms with Crippen LogP contribution in [0.15, 0.2) is 30.3 Å². The molecule has 8 heteroatoms. The summed E-state index contributed by atoms with van der Waals surface area (Å²) in [6.07, 6.45) is 0.494. The van der Waals surface area contributed by atoms with Gasteiger partial charge in [0.25, 0.3) is 5.91 Å². The monoisotopic (exact) mass is 347 g/mol. The van der Waals surface area contributed by atoms with Crippen LogP contribution in [0, 0.1) is 0 Å². The second-order valence-corrected chi connectivity index (χ2v) is 6.35. The average molecular weight is 347 g/mol. The zero-order valence-corrected chi connectivity index (χ0v) is 14.2. The largest absolute Gasteiger partial charge is 0.480 e. The van der Waals surface area contributed by atoms with Crippen molar-refractivity contribution in [1.29, 1.82) is 0 Å². The Labute approximate surface area is 145 Å². The van der Waals surface area contributed by atoms with Gasteiger partial charge in [0, 0.05) is 6.54 Å². The van der Waals surface area contributed by atoms with Crippen LogP contribution in [0.5, 0.6) is 0 Å². The average Bonchev–Trinajstić information content (AvgIpc) is 2.74. The number of hydrogen-bond donors (Lipinski definition) is 2. The number of amides is 4. The number of carboxylic acids is 1. The van der Waals surface area contributed by atoms with Crippen LogP contribution in [0.2, 0.25) is 0 Å². The Morgan fingerprint density at radius 3 is 2.36 bits per heavy atom. The lowest BCUT2D eigenvalue weighted by molar-refractivity contribution is -0.145. The minimum Gasteiger partial charge on any atom is -0.480 e. The van der Waals surface area contributed by atoms with Crippen LogP contribution >= 0.6 is 0 Å². The number of benzene rings is 1. The predicted molar refractivity (Wildman–Crippen MR) is 88.7 cm³/mol. The van der Waals surface area contributed by atoms with Crippen LogP contribution < -0.4 is 5.32 Å². The third-order valence-electron chi connectivity index (χ3n) is 4.18. The summed E-state index contributed by atoms with van der Waals surface area (Å²) in [7, 11) is 0. The second kappa shape index (κ2) is 7.33. The Morgan fingerprint density at radius 2 is 1.84 bits per heavy atom. The smallest absolute Gasteiger partial charge is 0.325 e. The molecule has 4 amide bonds. The van der Waals surface area contributed by atoms with Crippen molar-refractivity contribution in [3.05, 3.63) is 35.9 Å². The fourth-order valence-electron chi connectivity index (χ4n) is 2.56. The molecule has 134 valence electrons. The van der Waals surface area contributed by atoms with Gasteiger partial charge in [0.15, 0.2) is 0 Å². The molecule has 1 aliphatic rings. The second-order valence-electron chi connectivity index (χ2n) is 6.35. The van der Waals surface area contributed by atoms with E-state index in [1.54, 1.807) is 0 Å². The molecule has 0 aliphatic carbocycles. The van der Waals surface area contributed by atoms with E-state index < -0.39 is 35.9 Å². The van der Waals surface area contributed by atoms with Gasteiger partial charge in [-0.1, -0.05) is 30.3 Å². The molecule has 0 aromatic heterocycles. The van der Waals surface area contributed by atoms with Gasteiger partial charge < -0.3 is 14.9 Å². The fraction of sp³-hybridized carbons (Fsp3) is 0.412. The summed E-state index contributed by atoms with van der Waals surface area (Å²) in [6, 6.07) is 8.72. The molecule has 25 heavy (non-hydrogen) atoms. The third kappa shape index (κ3) is 4.34. The van der Waals surface area contributed by atoms with Gasteiger partial charge in [-0.3, -0.25) is 19.7 Å². The van der Waals surface area contributed by atoms with Gasteiger partial charge in [-0.05, 0) is 25.8 Å². The molecule has 0 radical (unpaired) electrons. The van der Waals surface area contributed by atoms with Crippen molar-refractivity contribution in [1.82, 2.24) is 15.1 Å². The highest BCUT2D eigenvalue weighted by Gasteiger charge is 2.46. The van der Waals surface area contributed by atoms with Crippen molar-refractivity contribution >= 4 is 23.8 Å². The Hall–Kier alpha value is -2.90. The van der Waals surface area contributed by atoms with E-state index in [0.717, 1.165) is 10.5 Å². The highest BCUT2D eigenvalue weighted by atomic mass is 16.4. The standard InChI is InChI=1S/C17H21N3O5/c1-17(2)15(24)18-16(25)20(17)10-13(21)19(11-14(22)23)9-8-12-6-4-3-5-7-12/h3-7H,8-11H2,1-2H3,(H,22,23)(H,18,24,25). The van der Waals surface area contributed by atoms with Crippen molar-refractivity contribution in [2.75, 3.05) is 19.6 Å². The summed E-state index contributed by atoms with van der Waals surface area (Å²) in [5.74, 6) is -2.14. The number of rotatable bonds is 7. The first-order valence-electron chi connectivity index (χ1n) is 7.88. The molecule has 8 nitrogen and oxygen atoms in total. The molecule has 1 heterocycles. The SMILES string of the molecule is CC1(C)C(=O)NC(=O)N1CC(=O)N(CCc1ccccc1)CC(=O)O. The molecule has 1 aromatic carbocycles. The lowest BCUT2D eigenvalue weighted by Gasteiger charge is -2.30. The van der Waals surface area contributed by atoms with Crippen LogP contribution in [0.25, 0.3) is 0 Å². The van der Waals surface area contributed by atoms with E-state index in [0.29, 0.717) is 6.42 Å². The third-order valence-corrected chi connectivity index (χ3v) is 4.18. The number of nitrogens with zero attached hydrogens (tertiary/aromatic N) is 2. The molecule has 1 aromatic rings. The molecule has 1 aliphatic heterocycles. The normalized spacial score (nSPS) is 15.8. The Bertz CT molecular complexity index is 687. The molecule has 2 N–H and O–H groups in total. The van der Waals surface area contributed by atoms with E-state index in [-0.39, 0.29) is 13.1 Å². The van der Waals surface area contributed by atoms with Gasteiger partial charge in [-0.15, -0.1) is 0 Å². The lowest BCUT2D eigenvalue weighted by atomic mass is 10.0. The number of carbonyl (C=O) groups is 4. The maximum absolute atomic E-state index is 12.5. The van der Waals surface area contributed by atoms with Crippen molar-refractivity contribution in [2.24, 2.45) is 0 Å². The number of aliphatic carboxylic acids is 1. The summed E-state index contributed by atoms with van der Waals surface area (Å²) in [4.78, 5) is 49.5. The van der Waals surface area contributed by atoms with Crippen LogP contribution in [0.3, 0.4) is 0 Å². The van der Waals surface area contributed by atoms with Gasteiger partial charge in [0.2, 0.25) is 5.91 Å². The van der Waals surface area contributed by atoms with Crippen LogP contribution in [0.4, 0.5) is 4.79 Å². The molecular formula is C17H21N3O5. The predicted octanol–water partition coefficient (Wildman–Crippen LogP) is 0.473. The molecule has 2 rings (SSSR count). The van der Waals surface area contributed by atoms with E-state index in [1.165, 1.54) is 18.7 Å². The molecule has 0 bridgehead atoms. The van der Waals surface area contributed by atoms with Crippen molar-refractivity contribution in [3.63, 3.8) is 0 Å². The number of nitrogens with one attached hydrogen (secondary N) is 1. The zero-order valence-electron chi connectivity index (χ0n) is 14.2. The first-order chi connectivity index (χ1) is 11.7. The van der Waals surface area contributed by atoms with Gasteiger partial charge in [0.05, 0.1) is 0 Å². The van der Waals surface area contributed by atoms with Crippen molar-refractivity contribution < 1.29 is 24.3 Å². The Kier molecular flexibility index (Phi) is 5.41. The lowest BCUT2D eigenvalue weighted by Crippen LogP contribution is -2.50. The van der Waals surface area contributed by atoms with Crippen LogP contribution in [-0.4, -0.2) is 63.9 Å². The minimum absolute atomic E-state index is 0.207. The van der Waals surface area contributed by atoms with Crippen molar-refractivity contribution in [3.8, 4) is 0 Å². The summed E-state index contributed by atoms with van der Waals surface area (Å²) in [5, 5.41) is 11.2. The molecular weight excluding hydrogens is 326 g/mol.